The predicted octanol–water partition coefficient (Wildman–Crippen LogP) is 2.78. The van der Waals surface area contributed by atoms with Crippen molar-refractivity contribution >= 4 is 11.9 Å². The maximum absolute atomic E-state index is 11.6. The summed E-state index contributed by atoms with van der Waals surface area (Å²) in [4.78, 5) is 27.6. The zero-order valence-electron chi connectivity index (χ0n) is 12.7. The molecule has 0 aliphatic carbocycles. The number of hydroxylamine groups is 1. The number of amides is 1. The molecule has 0 aromatic heterocycles. The van der Waals surface area contributed by atoms with Crippen molar-refractivity contribution in [1.82, 2.24) is 5.48 Å². The fourth-order valence-corrected chi connectivity index (χ4v) is 1.79. The molecule has 21 heavy (non-hydrogen) atoms. The molecule has 0 saturated heterocycles. The van der Waals surface area contributed by atoms with Gasteiger partial charge in [-0.05, 0) is 30.5 Å². The molecular formula is C16H23NO4. The standard InChI is InChI=1S/C16H23NO4/c1-3-4-5-6-16(19)21-17-15(18)12-9-13-7-10-14(20-2)11-8-13/h7-8,10-11H,3-6,9,12H2,1-2H3,(H,17,18). The van der Waals surface area contributed by atoms with Gasteiger partial charge in [-0.1, -0.05) is 31.9 Å². The van der Waals surface area contributed by atoms with Crippen LogP contribution in [0.3, 0.4) is 0 Å². The third kappa shape index (κ3) is 7.34. The molecule has 0 aliphatic heterocycles. The number of ether oxygens (including phenoxy) is 1. The van der Waals surface area contributed by atoms with Gasteiger partial charge in [-0.2, -0.15) is 5.48 Å². The van der Waals surface area contributed by atoms with E-state index in [9.17, 15) is 9.59 Å². The van der Waals surface area contributed by atoms with Gasteiger partial charge >= 0.3 is 5.97 Å². The van der Waals surface area contributed by atoms with Gasteiger partial charge < -0.3 is 9.57 Å². The number of carbonyl (C=O) groups is 2. The Morgan fingerprint density at radius 3 is 2.43 bits per heavy atom. The Kier molecular flexibility index (Phi) is 7.94. The van der Waals surface area contributed by atoms with E-state index in [2.05, 4.69) is 12.4 Å². The van der Waals surface area contributed by atoms with Crippen LogP contribution in [0, 0.1) is 0 Å². The van der Waals surface area contributed by atoms with E-state index in [0.717, 1.165) is 30.6 Å². The highest BCUT2D eigenvalue weighted by molar-refractivity contribution is 5.78. The molecule has 1 N–H and O–H groups in total. The van der Waals surface area contributed by atoms with Crippen LogP contribution < -0.4 is 10.2 Å². The SMILES string of the molecule is CCCCCC(=O)ONC(=O)CCc1ccc(OC)cc1. The average Bonchev–Trinajstić information content (AvgIpc) is 2.51. The molecule has 0 spiro atoms. The van der Waals surface area contributed by atoms with Gasteiger partial charge in [0.1, 0.15) is 5.75 Å². The first-order valence-corrected chi connectivity index (χ1v) is 7.27. The van der Waals surface area contributed by atoms with Crippen molar-refractivity contribution in [2.75, 3.05) is 7.11 Å². The van der Waals surface area contributed by atoms with Crippen molar-refractivity contribution in [2.45, 2.75) is 45.4 Å². The minimum Gasteiger partial charge on any atom is -0.497 e. The van der Waals surface area contributed by atoms with Crippen LogP contribution in [-0.2, 0) is 20.8 Å². The van der Waals surface area contributed by atoms with Gasteiger partial charge in [0.2, 0.25) is 0 Å². The number of hydrogen-bond acceptors (Lipinski definition) is 4. The van der Waals surface area contributed by atoms with E-state index in [1.165, 1.54) is 0 Å². The lowest BCUT2D eigenvalue weighted by atomic mass is 10.1. The number of hydrogen-bond donors (Lipinski definition) is 1. The van der Waals surface area contributed by atoms with Gasteiger partial charge in [-0.25, -0.2) is 4.79 Å². The molecule has 1 aromatic rings. The monoisotopic (exact) mass is 293 g/mol. The molecule has 116 valence electrons. The first-order chi connectivity index (χ1) is 10.2. The molecule has 0 unspecified atom stereocenters. The lowest BCUT2D eigenvalue weighted by Gasteiger charge is -2.06. The fourth-order valence-electron chi connectivity index (χ4n) is 1.79. The Labute approximate surface area is 125 Å². The minimum atomic E-state index is -0.388. The molecule has 5 nitrogen and oxygen atoms in total. The molecule has 0 fully saturated rings. The number of aryl methyl sites for hydroxylation is 1. The third-order valence-corrected chi connectivity index (χ3v) is 3.06. The largest absolute Gasteiger partial charge is 0.497 e. The van der Waals surface area contributed by atoms with Gasteiger partial charge in [0, 0.05) is 12.8 Å². The minimum absolute atomic E-state index is 0.272. The van der Waals surface area contributed by atoms with Gasteiger partial charge in [-0.15, -0.1) is 0 Å². The fraction of sp³-hybridized carbons (Fsp3) is 0.500. The first-order valence-electron chi connectivity index (χ1n) is 7.27. The maximum Gasteiger partial charge on any atom is 0.332 e. The quantitative estimate of drug-likeness (QED) is 0.591. The summed E-state index contributed by atoms with van der Waals surface area (Å²) >= 11 is 0. The molecule has 0 heterocycles. The Morgan fingerprint density at radius 1 is 1.10 bits per heavy atom. The molecule has 0 aliphatic rings. The molecule has 5 heteroatoms. The van der Waals surface area contributed by atoms with E-state index in [1.807, 2.05) is 24.3 Å². The van der Waals surface area contributed by atoms with Crippen LogP contribution in [0.2, 0.25) is 0 Å². The third-order valence-electron chi connectivity index (χ3n) is 3.06. The van der Waals surface area contributed by atoms with Gasteiger partial charge in [0.25, 0.3) is 5.91 Å². The summed E-state index contributed by atoms with van der Waals surface area (Å²) in [6.07, 6.45) is 4.02. The Balaban J connectivity index is 2.19. The van der Waals surface area contributed by atoms with Gasteiger partial charge in [0.15, 0.2) is 0 Å². The molecule has 0 bridgehead atoms. The Morgan fingerprint density at radius 2 is 1.81 bits per heavy atom. The van der Waals surface area contributed by atoms with Crippen LogP contribution in [-0.4, -0.2) is 19.0 Å². The summed E-state index contributed by atoms with van der Waals surface area (Å²) in [5.74, 6) is 0.0973. The van der Waals surface area contributed by atoms with Crippen molar-refractivity contribution in [1.29, 1.82) is 0 Å². The second-order valence-electron chi connectivity index (χ2n) is 4.80. The van der Waals surface area contributed by atoms with E-state index >= 15 is 0 Å². The zero-order valence-corrected chi connectivity index (χ0v) is 12.7. The van der Waals surface area contributed by atoms with Gasteiger partial charge in [-0.3, -0.25) is 4.79 Å². The first kappa shape index (κ1) is 17.0. The van der Waals surface area contributed by atoms with E-state index in [4.69, 9.17) is 9.57 Å². The van der Waals surface area contributed by atoms with Crippen molar-refractivity contribution < 1.29 is 19.2 Å². The van der Waals surface area contributed by atoms with Crippen LogP contribution in [0.4, 0.5) is 0 Å². The van der Waals surface area contributed by atoms with Crippen molar-refractivity contribution in [2.24, 2.45) is 0 Å². The average molecular weight is 293 g/mol. The number of carbonyl (C=O) groups excluding carboxylic acids is 2. The molecule has 0 atom stereocenters. The smallest absolute Gasteiger partial charge is 0.332 e. The van der Waals surface area contributed by atoms with E-state index < -0.39 is 0 Å². The van der Waals surface area contributed by atoms with Gasteiger partial charge in [0.05, 0.1) is 7.11 Å². The second kappa shape index (κ2) is 9.80. The Bertz CT molecular complexity index is 442. The van der Waals surface area contributed by atoms with E-state index in [0.29, 0.717) is 12.8 Å². The summed E-state index contributed by atoms with van der Waals surface area (Å²) in [6, 6.07) is 7.51. The van der Waals surface area contributed by atoms with Crippen molar-refractivity contribution in [3.05, 3.63) is 29.8 Å². The highest BCUT2D eigenvalue weighted by Gasteiger charge is 2.07. The zero-order chi connectivity index (χ0) is 15.5. The van der Waals surface area contributed by atoms with E-state index in [-0.39, 0.29) is 18.3 Å². The molecular weight excluding hydrogens is 270 g/mol. The summed E-state index contributed by atoms with van der Waals surface area (Å²) in [6.45, 7) is 2.06. The lowest BCUT2D eigenvalue weighted by molar-refractivity contribution is -0.158. The van der Waals surface area contributed by atoms with Crippen LogP contribution in [0.15, 0.2) is 24.3 Å². The summed E-state index contributed by atoms with van der Waals surface area (Å²) in [5.41, 5.74) is 3.22. The van der Waals surface area contributed by atoms with Crippen LogP contribution in [0.25, 0.3) is 0 Å². The number of methoxy groups -OCH3 is 1. The van der Waals surface area contributed by atoms with Crippen molar-refractivity contribution in [3.63, 3.8) is 0 Å². The van der Waals surface area contributed by atoms with Crippen LogP contribution >= 0.6 is 0 Å². The summed E-state index contributed by atoms with van der Waals surface area (Å²) in [7, 11) is 1.61. The van der Waals surface area contributed by atoms with Crippen LogP contribution in [0.5, 0.6) is 5.75 Å². The lowest BCUT2D eigenvalue weighted by Crippen LogP contribution is -2.27. The highest BCUT2D eigenvalue weighted by Crippen LogP contribution is 2.12. The molecule has 1 aromatic carbocycles. The topological polar surface area (TPSA) is 64.6 Å². The maximum atomic E-state index is 11.6. The second-order valence-corrected chi connectivity index (χ2v) is 4.80. The molecule has 1 amide bonds. The molecule has 0 radical (unpaired) electrons. The Hall–Kier alpha value is -2.04. The number of nitrogens with one attached hydrogen (secondary N) is 1. The molecule has 1 rings (SSSR count). The van der Waals surface area contributed by atoms with Crippen LogP contribution in [0.1, 0.15) is 44.6 Å². The van der Waals surface area contributed by atoms with E-state index in [1.54, 1.807) is 7.11 Å². The molecule has 0 saturated carbocycles. The number of unbranched alkanes of at least 4 members (excludes halogenated alkanes) is 2. The number of rotatable bonds is 8. The number of benzene rings is 1. The predicted molar refractivity (Wildman–Crippen MR) is 79.7 cm³/mol. The summed E-state index contributed by atoms with van der Waals surface area (Å²) in [5, 5.41) is 0. The van der Waals surface area contributed by atoms with Crippen molar-refractivity contribution in [3.8, 4) is 5.75 Å². The summed E-state index contributed by atoms with van der Waals surface area (Å²) < 4.78 is 5.06. The normalized spacial score (nSPS) is 10.0. The highest BCUT2D eigenvalue weighted by atomic mass is 16.7.